The monoisotopic (exact) mass is 452 g/mol. The number of hydrogen-bond acceptors (Lipinski definition) is 3. The topological polar surface area (TPSA) is 57.2 Å². The lowest BCUT2D eigenvalue weighted by molar-refractivity contribution is -0.157. The number of nitrogens with one attached hydrogen (secondary N) is 1. The Bertz CT molecular complexity index is 401. The molecule has 1 N–H and O–H groups in total. The van der Waals surface area contributed by atoms with E-state index in [1.54, 1.807) is 7.05 Å². The quantitative estimate of drug-likeness (QED) is 0.387. The fourth-order valence-electron chi connectivity index (χ4n) is 2.23. The van der Waals surface area contributed by atoms with Gasteiger partial charge in [-0.3, -0.25) is 9.79 Å². The van der Waals surface area contributed by atoms with Crippen LogP contribution < -0.4 is 5.32 Å². The fraction of sp³-hybridized carbons (Fsp3) is 0.846. The molecule has 1 fully saturated rings. The number of likely N-dealkylation sites (N-methyl/N-ethyl adjacent to an activating group) is 1. The van der Waals surface area contributed by atoms with Crippen LogP contribution in [0.15, 0.2) is 4.99 Å². The molecule has 1 saturated heterocycles. The standard InChI is InChI=1S/C13H23F3N4O2.HI/c1-17-12(19(2)7-10-4-5-22-8-10)18-6-11(21)20(3)9-13(14,15)16;/h10H,4-9H2,1-3H3,(H,17,18);1H. The van der Waals surface area contributed by atoms with Gasteiger partial charge in [0.05, 0.1) is 13.2 Å². The Labute approximate surface area is 151 Å². The van der Waals surface area contributed by atoms with Gasteiger partial charge in [-0.15, -0.1) is 24.0 Å². The smallest absolute Gasteiger partial charge is 0.381 e. The maximum atomic E-state index is 12.2. The van der Waals surface area contributed by atoms with E-state index in [4.69, 9.17) is 4.74 Å². The number of carbonyl (C=O) groups excluding carboxylic acids is 1. The van der Waals surface area contributed by atoms with Crippen LogP contribution >= 0.6 is 24.0 Å². The molecule has 6 nitrogen and oxygen atoms in total. The Kier molecular flexibility index (Phi) is 9.82. The van der Waals surface area contributed by atoms with Crippen molar-refractivity contribution < 1.29 is 22.7 Å². The minimum absolute atomic E-state index is 0. The van der Waals surface area contributed by atoms with Gasteiger partial charge in [-0.2, -0.15) is 13.2 Å². The van der Waals surface area contributed by atoms with Crippen LogP contribution in [-0.4, -0.2) is 81.8 Å². The first-order valence-electron chi connectivity index (χ1n) is 7.03. The van der Waals surface area contributed by atoms with Crippen LogP contribution in [0.2, 0.25) is 0 Å². The molecule has 1 unspecified atom stereocenters. The van der Waals surface area contributed by atoms with E-state index in [-0.39, 0.29) is 30.5 Å². The van der Waals surface area contributed by atoms with E-state index in [0.717, 1.165) is 20.1 Å². The van der Waals surface area contributed by atoms with Crippen molar-refractivity contribution in [3.05, 3.63) is 0 Å². The van der Waals surface area contributed by atoms with Crippen LogP contribution in [0.25, 0.3) is 0 Å². The molecule has 23 heavy (non-hydrogen) atoms. The number of amides is 1. The zero-order chi connectivity index (χ0) is 16.8. The van der Waals surface area contributed by atoms with Crippen molar-refractivity contribution in [2.45, 2.75) is 12.6 Å². The van der Waals surface area contributed by atoms with Crippen molar-refractivity contribution in [2.24, 2.45) is 10.9 Å². The third-order valence-electron chi connectivity index (χ3n) is 3.37. The SMILES string of the molecule is CN=C(NCC(=O)N(C)CC(F)(F)F)N(C)CC1CCOC1.I. The summed E-state index contributed by atoms with van der Waals surface area (Å²) in [4.78, 5) is 18.2. The summed E-state index contributed by atoms with van der Waals surface area (Å²) in [6.07, 6.45) is -3.43. The molecule has 10 heteroatoms. The Morgan fingerprint density at radius 1 is 1.35 bits per heavy atom. The maximum Gasteiger partial charge on any atom is 0.406 e. The average molecular weight is 452 g/mol. The maximum absolute atomic E-state index is 12.2. The third-order valence-corrected chi connectivity index (χ3v) is 3.37. The summed E-state index contributed by atoms with van der Waals surface area (Å²) in [6.45, 7) is 0.651. The van der Waals surface area contributed by atoms with Gasteiger partial charge in [0.2, 0.25) is 5.91 Å². The highest BCUT2D eigenvalue weighted by Crippen LogP contribution is 2.15. The highest BCUT2D eigenvalue weighted by molar-refractivity contribution is 14.0. The molecule has 0 aromatic rings. The average Bonchev–Trinajstić information content (AvgIpc) is 2.89. The summed E-state index contributed by atoms with van der Waals surface area (Å²) in [5, 5.41) is 2.79. The van der Waals surface area contributed by atoms with E-state index in [2.05, 4.69) is 10.3 Å². The van der Waals surface area contributed by atoms with Gasteiger partial charge in [-0.05, 0) is 6.42 Å². The molecule has 0 spiro atoms. The van der Waals surface area contributed by atoms with Gasteiger partial charge >= 0.3 is 6.18 Å². The first-order valence-corrected chi connectivity index (χ1v) is 7.03. The van der Waals surface area contributed by atoms with E-state index in [1.807, 2.05) is 11.9 Å². The Morgan fingerprint density at radius 2 is 2.00 bits per heavy atom. The predicted octanol–water partition coefficient (Wildman–Crippen LogP) is 1.17. The minimum Gasteiger partial charge on any atom is -0.381 e. The molecule has 1 aliphatic rings. The lowest BCUT2D eigenvalue weighted by atomic mass is 10.1. The van der Waals surface area contributed by atoms with Crippen molar-refractivity contribution in [1.82, 2.24) is 15.1 Å². The van der Waals surface area contributed by atoms with Gasteiger partial charge in [0.15, 0.2) is 5.96 Å². The zero-order valence-electron chi connectivity index (χ0n) is 13.5. The largest absolute Gasteiger partial charge is 0.406 e. The van der Waals surface area contributed by atoms with Crippen molar-refractivity contribution >= 4 is 35.8 Å². The van der Waals surface area contributed by atoms with E-state index in [9.17, 15) is 18.0 Å². The van der Waals surface area contributed by atoms with Crippen LogP contribution in [0.3, 0.4) is 0 Å². The van der Waals surface area contributed by atoms with Gasteiger partial charge in [-0.1, -0.05) is 0 Å². The Hall–Kier alpha value is -0.780. The Morgan fingerprint density at radius 3 is 2.48 bits per heavy atom. The molecule has 136 valence electrons. The van der Waals surface area contributed by atoms with Crippen molar-refractivity contribution in [3.63, 3.8) is 0 Å². The van der Waals surface area contributed by atoms with E-state index >= 15 is 0 Å². The lowest BCUT2D eigenvalue weighted by Gasteiger charge is -2.25. The number of ether oxygens (including phenoxy) is 1. The summed E-state index contributed by atoms with van der Waals surface area (Å²) in [5.41, 5.74) is 0. The highest BCUT2D eigenvalue weighted by Gasteiger charge is 2.31. The second-order valence-corrected chi connectivity index (χ2v) is 5.38. The van der Waals surface area contributed by atoms with Crippen LogP contribution in [0.4, 0.5) is 13.2 Å². The fourth-order valence-corrected chi connectivity index (χ4v) is 2.23. The third kappa shape index (κ3) is 8.58. The second kappa shape index (κ2) is 10.2. The molecule has 1 rings (SSSR count). The van der Waals surface area contributed by atoms with Gasteiger partial charge in [0.1, 0.15) is 6.54 Å². The number of rotatable bonds is 5. The minimum atomic E-state index is -4.40. The van der Waals surface area contributed by atoms with Gasteiger partial charge < -0.3 is 19.9 Å². The van der Waals surface area contributed by atoms with Crippen molar-refractivity contribution in [3.8, 4) is 0 Å². The first kappa shape index (κ1) is 22.2. The van der Waals surface area contributed by atoms with Gasteiger partial charge in [0.25, 0.3) is 0 Å². The van der Waals surface area contributed by atoms with Crippen LogP contribution in [0.5, 0.6) is 0 Å². The zero-order valence-corrected chi connectivity index (χ0v) is 15.9. The number of hydrogen-bond donors (Lipinski definition) is 1. The van der Waals surface area contributed by atoms with Crippen LogP contribution in [0.1, 0.15) is 6.42 Å². The van der Waals surface area contributed by atoms with E-state index in [0.29, 0.717) is 29.9 Å². The Balaban J connectivity index is 0.00000484. The second-order valence-electron chi connectivity index (χ2n) is 5.38. The first-order chi connectivity index (χ1) is 10.2. The van der Waals surface area contributed by atoms with Crippen LogP contribution in [-0.2, 0) is 9.53 Å². The summed E-state index contributed by atoms with van der Waals surface area (Å²) >= 11 is 0. The number of alkyl halides is 3. The number of halogens is 4. The van der Waals surface area contributed by atoms with E-state index in [1.165, 1.54) is 0 Å². The molecule has 1 amide bonds. The summed E-state index contributed by atoms with van der Waals surface area (Å²) < 4.78 is 42.0. The molecular weight excluding hydrogens is 428 g/mol. The highest BCUT2D eigenvalue weighted by atomic mass is 127. The molecule has 1 aliphatic heterocycles. The summed E-state index contributed by atoms with van der Waals surface area (Å²) in [6, 6.07) is 0. The summed E-state index contributed by atoms with van der Waals surface area (Å²) in [7, 11) is 4.51. The number of nitrogens with zero attached hydrogens (tertiary/aromatic N) is 3. The number of guanidine groups is 1. The summed E-state index contributed by atoms with van der Waals surface area (Å²) in [5.74, 6) is 0.226. The van der Waals surface area contributed by atoms with E-state index < -0.39 is 18.6 Å². The van der Waals surface area contributed by atoms with Gasteiger partial charge in [0, 0.05) is 40.2 Å². The number of aliphatic imine (C=N–C) groups is 1. The van der Waals surface area contributed by atoms with Crippen molar-refractivity contribution in [2.75, 3.05) is 54.0 Å². The molecule has 1 heterocycles. The molecular formula is C13H24F3IN4O2. The van der Waals surface area contributed by atoms with Crippen molar-refractivity contribution in [1.29, 1.82) is 0 Å². The molecule has 1 atom stereocenters. The van der Waals surface area contributed by atoms with Gasteiger partial charge in [-0.25, -0.2) is 0 Å². The lowest BCUT2D eigenvalue weighted by Crippen LogP contribution is -2.47. The molecule has 0 bridgehead atoms. The molecule has 0 saturated carbocycles. The molecule has 0 aliphatic carbocycles. The molecule has 0 radical (unpaired) electrons. The predicted molar refractivity (Wildman–Crippen MR) is 92.0 cm³/mol. The number of carbonyl (C=O) groups is 1. The molecule has 0 aromatic carbocycles. The van der Waals surface area contributed by atoms with Crippen LogP contribution in [0, 0.1) is 5.92 Å². The molecule has 0 aromatic heterocycles. The normalized spacial score (nSPS) is 18.3.